The second-order valence-corrected chi connectivity index (χ2v) is 9.42. The van der Waals surface area contributed by atoms with Crippen LogP contribution in [0.4, 0.5) is 10.3 Å². The molecule has 3 aromatic rings. The summed E-state index contributed by atoms with van der Waals surface area (Å²) in [5.74, 6) is -0.654. The molecule has 1 saturated heterocycles. The van der Waals surface area contributed by atoms with Gasteiger partial charge in [-0.05, 0) is 61.1 Å². The van der Waals surface area contributed by atoms with Gasteiger partial charge in [-0.25, -0.2) is 14.4 Å². The van der Waals surface area contributed by atoms with Gasteiger partial charge < -0.3 is 16.4 Å². The number of amides is 2. The molecule has 1 aromatic heterocycles. The van der Waals surface area contributed by atoms with Crippen molar-refractivity contribution in [1.29, 1.82) is 0 Å². The van der Waals surface area contributed by atoms with Crippen LogP contribution in [0.15, 0.2) is 54.7 Å². The Hall–Kier alpha value is -3.81. The van der Waals surface area contributed by atoms with Gasteiger partial charge in [0.25, 0.3) is 0 Å². The minimum Gasteiger partial charge on any atom is -0.368 e. The van der Waals surface area contributed by atoms with Crippen LogP contribution in [-0.4, -0.2) is 33.2 Å². The molecule has 2 amide bonds. The van der Waals surface area contributed by atoms with E-state index >= 15 is 0 Å². The largest absolute Gasteiger partial charge is 0.368 e. The van der Waals surface area contributed by atoms with Crippen LogP contribution in [0.25, 0.3) is 11.1 Å². The summed E-state index contributed by atoms with van der Waals surface area (Å²) in [4.78, 5) is 36.6. The number of nitrogen functional groups attached to an aromatic ring is 1. The average molecular weight is 474 g/mol. The molecule has 0 bridgehead atoms. The maximum atomic E-state index is 14.2. The zero-order valence-corrected chi connectivity index (χ0v) is 19.4. The Labute approximate surface area is 203 Å². The Bertz CT molecular complexity index is 1270. The molecule has 5 rings (SSSR count). The van der Waals surface area contributed by atoms with Crippen molar-refractivity contribution in [3.05, 3.63) is 77.4 Å². The van der Waals surface area contributed by atoms with Gasteiger partial charge in [-0.2, -0.15) is 0 Å². The number of hydrogen-bond acceptors (Lipinski definition) is 5. The van der Waals surface area contributed by atoms with E-state index in [1.807, 2.05) is 11.0 Å². The topological polar surface area (TPSA) is 115 Å². The smallest absolute Gasteiger partial charge is 0.248 e. The summed E-state index contributed by atoms with van der Waals surface area (Å²) in [6.45, 7) is 0.608. The van der Waals surface area contributed by atoms with Crippen molar-refractivity contribution in [2.75, 3.05) is 12.3 Å². The van der Waals surface area contributed by atoms with Crippen molar-refractivity contribution in [2.24, 2.45) is 5.73 Å². The van der Waals surface area contributed by atoms with Crippen LogP contribution in [0.5, 0.6) is 0 Å². The highest BCUT2D eigenvalue weighted by Crippen LogP contribution is 2.46. The Balaban J connectivity index is 1.56. The molecular weight excluding hydrogens is 445 g/mol. The van der Waals surface area contributed by atoms with Crippen molar-refractivity contribution < 1.29 is 14.0 Å². The van der Waals surface area contributed by atoms with Crippen molar-refractivity contribution in [3.8, 4) is 11.1 Å². The maximum absolute atomic E-state index is 14.2. The molecule has 2 fully saturated rings. The molecule has 0 unspecified atom stereocenters. The first kappa shape index (κ1) is 23.0. The summed E-state index contributed by atoms with van der Waals surface area (Å²) in [5, 5.41) is 0. The number of rotatable bonds is 5. The van der Waals surface area contributed by atoms with Gasteiger partial charge in [0.05, 0.1) is 17.2 Å². The number of carbonyl (C=O) groups is 2. The Morgan fingerprint density at radius 3 is 2.51 bits per heavy atom. The lowest BCUT2D eigenvalue weighted by Gasteiger charge is -2.36. The lowest BCUT2D eigenvalue weighted by Crippen LogP contribution is -2.45. The van der Waals surface area contributed by atoms with Crippen molar-refractivity contribution in [2.45, 2.75) is 50.0 Å². The second kappa shape index (κ2) is 9.09. The van der Waals surface area contributed by atoms with Crippen LogP contribution in [-0.2, 0) is 10.2 Å². The fourth-order valence-corrected chi connectivity index (χ4v) is 5.67. The Morgan fingerprint density at radius 2 is 1.80 bits per heavy atom. The number of nitrogens with zero attached hydrogens (tertiary/aromatic N) is 3. The molecular formula is C27H28FN5O2. The van der Waals surface area contributed by atoms with E-state index in [-0.39, 0.29) is 23.7 Å². The summed E-state index contributed by atoms with van der Waals surface area (Å²) < 4.78 is 13.7. The molecule has 1 saturated carbocycles. The fraction of sp³-hybridized carbons (Fsp3) is 0.333. The molecule has 180 valence electrons. The quantitative estimate of drug-likeness (QED) is 0.578. The van der Waals surface area contributed by atoms with Gasteiger partial charge in [-0.1, -0.05) is 37.1 Å². The van der Waals surface area contributed by atoms with Crippen molar-refractivity contribution in [1.82, 2.24) is 14.9 Å². The molecule has 2 aliphatic rings. The highest BCUT2D eigenvalue weighted by molar-refractivity contribution is 5.94. The average Bonchev–Trinajstić information content (AvgIpc) is 3.55. The third kappa shape index (κ3) is 4.13. The fourth-order valence-electron chi connectivity index (χ4n) is 5.67. The van der Waals surface area contributed by atoms with E-state index in [1.165, 1.54) is 12.1 Å². The van der Waals surface area contributed by atoms with Crippen molar-refractivity contribution in [3.63, 3.8) is 0 Å². The predicted molar refractivity (Wildman–Crippen MR) is 131 cm³/mol. The molecule has 1 atom stereocenters. The van der Waals surface area contributed by atoms with Gasteiger partial charge >= 0.3 is 0 Å². The van der Waals surface area contributed by atoms with Crippen LogP contribution in [0.1, 0.15) is 66.2 Å². The normalized spacial score (nSPS) is 19.1. The minimum absolute atomic E-state index is 0.0538. The van der Waals surface area contributed by atoms with Crippen LogP contribution < -0.4 is 11.5 Å². The van der Waals surface area contributed by atoms with Gasteiger partial charge in [0.2, 0.25) is 17.8 Å². The summed E-state index contributed by atoms with van der Waals surface area (Å²) >= 11 is 0. The van der Waals surface area contributed by atoms with Crippen LogP contribution >= 0.6 is 0 Å². The van der Waals surface area contributed by atoms with Crippen LogP contribution in [0, 0.1) is 5.82 Å². The van der Waals surface area contributed by atoms with E-state index in [2.05, 4.69) is 9.97 Å². The number of hydrogen-bond donors (Lipinski definition) is 2. The SMILES string of the molecule is NC(=O)c1cccc(-c2cnc(N)nc2[C@@H]2CCCN2C(=O)C2(c3ccc(F)cc3)CCCC2)c1. The maximum Gasteiger partial charge on any atom is 0.248 e. The first-order valence-electron chi connectivity index (χ1n) is 12.0. The Kier molecular flexibility index (Phi) is 5.96. The van der Waals surface area contributed by atoms with Gasteiger partial charge in [0.15, 0.2) is 0 Å². The van der Waals surface area contributed by atoms with Gasteiger partial charge in [0.1, 0.15) is 5.82 Å². The summed E-state index contributed by atoms with van der Waals surface area (Å²) in [7, 11) is 0. The summed E-state index contributed by atoms with van der Waals surface area (Å²) in [6, 6.07) is 13.1. The molecule has 2 aromatic carbocycles. The molecule has 0 radical (unpaired) electrons. The second-order valence-electron chi connectivity index (χ2n) is 9.42. The van der Waals surface area contributed by atoms with E-state index in [4.69, 9.17) is 11.5 Å². The highest BCUT2D eigenvalue weighted by atomic mass is 19.1. The Morgan fingerprint density at radius 1 is 1.06 bits per heavy atom. The summed E-state index contributed by atoms with van der Waals surface area (Å²) in [6.07, 6.45) is 6.59. The number of likely N-dealkylation sites (tertiary alicyclic amines) is 1. The minimum atomic E-state index is -0.666. The predicted octanol–water partition coefficient (Wildman–Crippen LogP) is 4.14. The molecule has 8 heteroatoms. The van der Waals surface area contributed by atoms with Crippen LogP contribution in [0.3, 0.4) is 0 Å². The number of primary amides is 1. The summed E-state index contributed by atoms with van der Waals surface area (Å²) in [5.41, 5.74) is 14.2. The number of nitrogens with two attached hydrogens (primary N) is 2. The van der Waals surface area contributed by atoms with Crippen LogP contribution in [0.2, 0.25) is 0 Å². The molecule has 1 aliphatic heterocycles. The lowest BCUT2D eigenvalue weighted by atomic mass is 9.77. The molecule has 2 heterocycles. The number of benzene rings is 2. The third-order valence-corrected chi connectivity index (χ3v) is 7.39. The highest BCUT2D eigenvalue weighted by Gasteiger charge is 2.48. The molecule has 7 nitrogen and oxygen atoms in total. The first-order valence-corrected chi connectivity index (χ1v) is 12.0. The molecule has 35 heavy (non-hydrogen) atoms. The van der Waals surface area contributed by atoms with E-state index in [0.29, 0.717) is 23.4 Å². The number of anilines is 1. The zero-order valence-electron chi connectivity index (χ0n) is 19.4. The van der Waals surface area contributed by atoms with Gasteiger partial charge in [0, 0.05) is 23.9 Å². The molecule has 0 spiro atoms. The van der Waals surface area contributed by atoms with E-state index in [9.17, 15) is 14.0 Å². The zero-order chi connectivity index (χ0) is 24.6. The lowest BCUT2D eigenvalue weighted by molar-refractivity contribution is -0.138. The number of carbonyl (C=O) groups excluding carboxylic acids is 2. The van der Waals surface area contributed by atoms with E-state index in [0.717, 1.165) is 49.7 Å². The third-order valence-electron chi connectivity index (χ3n) is 7.39. The first-order chi connectivity index (χ1) is 16.9. The van der Waals surface area contributed by atoms with Crippen molar-refractivity contribution >= 4 is 17.8 Å². The van der Waals surface area contributed by atoms with E-state index < -0.39 is 11.3 Å². The number of halogens is 1. The molecule has 4 N–H and O–H groups in total. The molecule has 1 aliphatic carbocycles. The van der Waals surface area contributed by atoms with Gasteiger partial charge in [-0.3, -0.25) is 9.59 Å². The monoisotopic (exact) mass is 473 g/mol. The van der Waals surface area contributed by atoms with E-state index in [1.54, 1.807) is 36.5 Å². The standard InChI is InChI=1S/C27H28FN5O2/c28-20-10-8-19(9-11-20)27(12-1-2-13-27)25(35)33-14-4-7-22(33)23-21(16-31-26(30)32-23)17-5-3-6-18(15-17)24(29)34/h3,5-6,8-11,15-16,22H,1-2,4,7,12-14H2,(H2,29,34)(H2,30,31,32)/t22-/m0/s1. The van der Waals surface area contributed by atoms with Gasteiger partial charge in [-0.15, -0.1) is 0 Å². The number of aromatic nitrogens is 2.